The largest absolute Gasteiger partial charge is 0.336 e. The molecule has 0 spiro atoms. The highest BCUT2D eigenvalue weighted by molar-refractivity contribution is 7.86. The summed E-state index contributed by atoms with van der Waals surface area (Å²) in [5.41, 5.74) is -0.0000589. The van der Waals surface area contributed by atoms with Gasteiger partial charge in [0.05, 0.1) is 18.5 Å². The zero-order valence-corrected chi connectivity index (χ0v) is 15.6. The molecule has 2 rings (SSSR count). The molecule has 0 radical (unpaired) electrons. The molecule has 0 bridgehead atoms. The van der Waals surface area contributed by atoms with Crippen molar-refractivity contribution in [2.75, 3.05) is 13.3 Å². The van der Waals surface area contributed by atoms with Crippen LogP contribution in [0.5, 0.6) is 0 Å². The zero-order valence-electron chi connectivity index (χ0n) is 17.8. The van der Waals surface area contributed by atoms with Gasteiger partial charge in [0, 0.05) is 23.7 Å². The number of hydrogen-bond acceptors (Lipinski definition) is 6. The minimum atomic E-state index is -3.86. The van der Waals surface area contributed by atoms with E-state index in [-0.39, 0.29) is 29.1 Å². The van der Waals surface area contributed by atoms with Crippen molar-refractivity contribution < 1.29 is 25.9 Å². The Balaban J connectivity index is 2.33. The van der Waals surface area contributed by atoms with Crippen LogP contribution in [-0.2, 0) is 27.8 Å². The van der Waals surface area contributed by atoms with Crippen LogP contribution >= 0.6 is 0 Å². The monoisotopic (exact) mass is 397 g/mol. The van der Waals surface area contributed by atoms with Crippen LogP contribution in [0, 0.1) is 17.1 Å². The number of nitriles is 1. The number of carbonyl (C=O) groups is 1. The van der Waals surface area contributed by atoms with E-state index in [1.165, 1.54) is 31.0 Å². The first kappa shape index (κ1) is 16.4. The van der Waals surface area contributed by atoms with Crippen molar-refractivity contribution in [2.24, 2.45) is 6.98 Å². The van der Waals surface area contributed by atoms with E-state index < -0.39 is 34.9 Å². The first-order chi connectivity index (χ1) is 13.7. The van der Waals surface area contributed by atoms with Gasteiger partial charge in [-0.3, -0.25) is 13.7 Å². The van der Waals surface area contributed by atoms with E-state index in [9.17, 15) is 17.6 Å². The molecule has 2 aromatic rings. The molecule has 1 heterocycles. The quantitative estimate of drug-likeness (QED) is 0.688. The number of nitrogens with zero attached hydrogens (tertiary/aromatic N) is 4. The number of aromatic nitrogens is 2. The van der Waals surface area contributed by atoms with Gasteiger partial charge in [0.1, 0.15) is 23.7 Å². The molecule has 27 heavy (non-hydrogen) atoms. The summed E-state index contributed by atoms with van der Waals surface area (Å²) < 4.78 is 64.2. The van der Waals surface area contributed by atoms with Gasteiger partial charge in [0.25, 0.3) is 16.0 Å². The summed E-state index contributed by atoms with van der Waals surface area (Å²) >= 11 is 0. The number of amides is 1. The Kier molecular flexibility index (Phi) is 4.77. The van der Waals surface area contributed by atoms with Gasteiger partial charge >= 0.3 is 0 Å². The van der Waals surface area contributed by atoms with Crippen LogP contribution in [0.1, 0.15) is 44.4 Å². The van der Waals surface area contributed by atoms with Crippen LogP contribution in [0.4, 0.5) is 4.39 Å². The lowest BCUT2D eigenvalue weighted by molar-refractivity contribution is 0.0778. The molecule has 144 valence electrons. The maximum atomic E-state index is 13.7. The minimum absolute atomic E-state index is 0.00538. The number of carbonyl (C=O) groups excluding carboxylic acids is 1. The summed E-state index contributed by atoms with van der Waals surface area (Å²) in [6.45, 7) is -1.44. The van der Waals surface area contributed by atoms with Gasteiger partial charge in [-0.25, -0.2) is 4.39 Å². The number of halogens is 1. The lowest BCUT2D eigenvalue weighted by Gasteiger charge is -2.20. The first-order valence-electron chi connectivity index (χ1n) is 9.15. The number of aryl methyl sites for hydroxylation is 1. The lowest BCUT2D eigenvalue weighted by Crippen LogP contribution is -2.28. The summed E-state index contributed by atoms with van der Waals surface area (Å²) in [7, 11) is -2.46. The lowest BCUT2D eigenvalue weighted by atomic mass is 10.0. The summed E-state index contributed by atoms with van der Waals surface area (Å²) in [4.78, 5) is 14.1. The second-order valence-electron chi connectivity index (χ2n) is 5.88. The normalized spacial score (nSPS) is 14.6. The summed E-state index contributed by atoms with van der Waals surface area (Å²) in [5.74, 6) is -1.28. The van der Waals surface area contributed by atoms with Crippen LogP contribution < -0.4 is 0 Å². The predicted octanol–water partition coefficient (Wildman–Crippen LogP) is 1.74. The van der Waals surface area contributed by atoms with Crippen LogP contribution in [0.25, 0.3) is 0 Å². The van der Waals surface area contributed by atoms with Gasteiger partial charge in [0.15, 0.2) is 0 Å². The Morgan fingerprint density at radius 2 is 2.22 bits per heavy atom. The van der Waals surface area contributed by atoms with E-state index in [0.717, 1.165) is 18.4 Å². The molecule has 0 unspecified atom stereocenters. The van der Waals surface area contributed by atoms with E-state index in [1.54, 1.807) is 6.07 Å². The first-order valence-corrected chi connectivity index (χ1v) is 9.47. The van der Waals surface area contributed by atoms with Crippen LogP contribution in [0.3, 0.4) is 0 Å². The van der Waals surface area contributed by atoms with Gasteiger partial charge < -0.3 is 4.90 Å². The highest BCUT2D eigenvalue weighted by Gasteiger charge is 2.23. The molecule has 8 nitrogen and oxygen atoms in total. The van der Waals surface area contributed by atoms with Gasteiger partial charge in [-0.2, -0.15) is 18.8 Å². The molecular weight excluding hydrogens is 375 g/mol. The van der Waals surface area contributed by atoms with Gasteiger partial charge in [-0.15, -0.1) is 0 Å². The van der Waals surface area contributed by atoms with Crippen molar-refractivity contribution in [1.29, 1.82) is 5.26 Å². The predicted molar refractivity (Wildman–Crippen MR) is 94.5 cm³/mol. The van der Waals surface area contributed by atoms with Gasteiger partial charge in [0.2, 0.25) is 0 Å². The molecule has 0 aliphatic carbocycles. The molecule has 0 aliphatic rings. The molecule has 0 N–H and O–H groups in total. The fourth-order valence-corrected chi connectivity index (χ4v) is 3.11. The van der Waals surface area contributed by atoms with Gasteiger partial charge in [-0.1, -0.05) is 0 Å². The zero-order chi connectivity index (χ0) is 22.9. The molecule has 0 saturated heterocycles. The molecular formula is C17H19FN4O4S. The van der Waals surface area contributed by atoms with Crippen molar-refractivity contribution in [2.45, 2.75) is 19.6 Å². The van der Waals surface area contributed by atoms with Crippen LogP contribution in [0.15, 0.2) is 24.3 Å². The fourth-order valence-electron chi connectivity index (χ4n) is 2.49. The smallest absolute Gasteiger partial charge is 0.264 e. The molecule has 0 fully saturated rings. The summed E-state index contributed by atoms with van der Waals surface area (Å²) in [5, 5.41) is 13.0. The second kappa shape index (κ2) is 7.85. The Morgan fingerprint density at radius 1 is 1.52 bits per heavy atom. The van der Waals surface area contributed by atoms with Gasteiger partial charge in [-0.05, 0) is 36.8 Å². The van der Waals surface area contributed by atoms with E-state index >= 15 is 0 Å². The number of rotatable bonds is 6. The third-order valence-corrected chi connectivity index (χ3v) is 4.26. The third kappa shape index (κ3) is 5.12. The van der Waals surface area contributed by atoms with Crippen LogP contribution in [-0.4, -0.2) is 42.3 Å². The maximum absolute atomic E-state index is 13.7. The summed E-state index contributed by atoms with van der Waals surface area (Å²) in [6, 6.07) is 6.24. The highest BCUT2D eigenvalue weighted by atomic mass is 32.2. The Labute approximate surface area is 161 Å². The number of benzene rings is 1. The summed E-state index contributed by atoms with van der Waals surface area (Å²) in [6.07, 6.45) is -0.284. The molecule has 0 saturated carbocycles. The molecule has 0 aliphatic heterocycles. The second-order valence-corrected chi connectivity index (χ2v) is 7.48. The van der Waals surface area contributed by atoms with Crippen molar-refractivity contribution >= 4 is 16.0 Å². The Hall–Kier alpha value is -2.77. The maximum Gasteiger partial charge on any atom is 0.264 e. The van der Waals surface area contributed by atoms with Crippen molar-refractivity contribution in [3.05, 3.63) is 52.6 Å². The molecule has 10 heteroatoms. The van der Waals surface area contributed by atoms with E-state index in [0.29, 0.717) is 4.68 Å². The molecule has 1 aromatic carbocycles. The molecule has 1 atom stereocenters. The van der Waals surface area contributed by atoms with E-state index in [1.807, 2.05) is 0 Å². The van der Waals surface area contributed by atoms with E-state index in [2.05, 4.69) is 5.10 Å². The third-order valence-electron chi connectivity index (χ3n) is 3.62. The highest BCUT2D eigenvalue weighted by Crippen LogP contribution is 2.25. The van der Waals surface area contributed by atoms with Crippen molar-refractivity contribution in [3.63, 3.8) is 0 Å². The molecule has 1 aromatic heterocycles. The Morgan fingerprint density at radius 3 is 2.78 bits per heavy atom. The topological polar surface area (TPSA) is 105 Å². The van der Waals surface area contributed by atoms with E-state index in [4.69, 9.17) is 13.6 Å². The van der Waals surface area contributed by atoms with Crippen LogP contribution in [0.2, 0.25) is 0 Å². The minimum Gasteiger partial charge on any atom is -0.336 e. The average Bonchev–Trinajstić information content (AvgIpc) is 3.03. The Bertz CT molecular complexity index is 1110. The standard InChI is InChI=1S/C17H19FN4O4S/c1-11(26-27(4,24)25)16-7-12(18)5-6-15(16)17(23)21(2)10-13-8-14(9-19)22(3)20-13/h5-8,11H,10H2,1-4H3/t11-/m0/s1/i3D3. The SMILES string of the molecule is [2H]C([2H])([2H])n1nc(CN(C)C(=O)c2ccc(F)cc2[C@H](C)OS(C)(=O)=O)cc1C#N. The average molecular weight is 397 g/mol. The van der Waals surface area contributed by atoms with Crippen molar-refractivity contribution in [3.8, 4) is 6.07 Å². The molecule has 1 amide bonds. The fraction of sp³-hybridized carbons (Fsp3) is 0.353. The van der Waals surface area contributed by atoms with Crippen molar-refractivity contribution in [1.82, 2.24) is 14.7 Å². The number of hydrogen-bond donors (Lipinski definition) is 0.